The van der Waals surface area contributed by atoms with Crippen LogP contribution >= 0.6 is 0 Å². The number of rotatable bonds is 3. The second-order valence-electron chi connectivity index (χ2n) is 8.22. The number of nitrogens with one attached hydrogen (secondary N) is 2. The summed E-state index contributed by atoms with van der Waals surface area (Å²) in [6, 6.07) is 17.2. The standard InChI is InChI=1S/C26H21N5/c1-15(2)24-21-12-16(18-5-3-4-17-13-27-10-8-19(17)18)6-7-23(21)30-25(24)20-9-11-28-26-22(20)14-29-31-26/h3-15,30H,1-2H3,(H,28,29,31). The summed E-state index contributed by atoms with van der Waals surface area (Å²) in [6.07, 6.45) is 7.46. The van der Waals surface area contributed by atoms with Gasteiger partial charge in [0.2, 0.25) is 0 Å². The third-order valence-electron chi connectivity index (χ3n) is 6.03. The summed E-state index contributed by atoms with van der Waals surface area (Å²) in [4.78, 5) is 12.4. The molecule has 5 heteroatoms. The molecule has 0 aliphatic heterocycles. The highest BCUT2D eigenvalue weighted by Gasteiger charge is 2.19. The van der Waals surface area contributed by atoms with Gasteiger partial charge in [-0.25, -0.2) is 4.98 Å². The zero-order chi connectivity index (χ0) is 20.9. The lowest BCUT2D eigenvalue weighted by molar-refractivity contribution is 0.878. The van der Waals surface area contributed by atoms with E-state index in [1.807, 2.05) is 24.8 Å². The van der Waals surface area contributed by atoms with Gasteiger partial charge >= 0.3 is 0 Å². The van der Waals surface area contributed by atoms with Crippen LogP contribution < -0.4 is 0 Å². The first-order valence-corrected chi connectivity index (χ1v) is 10.5. The molecule has 2 N–H and O–H groups in total. The molecule has 6 rings (SSSR count). The first kappa shape index (κ1) is 17.8. The second kappa shape index (κ2) is 6.77. The van der Waals surface area contributed by atoms with E-state index in [1.54, 1.807) is 0 Å². The molecule has 31 heavy (non-hydrogen) atoms. The van der Waals surface area contributed by atoms with Crippen molar-refractivity contribution >= 4 is 32.7 Å². The van der Waals surface area contributed by atoms with Crippen LogP contribution in [0.2, 0.25) is 0 Å². The Kier molecular flexibility index (Phi) is 3.90. The van der Waals surface area contributed by atoms with Crippen LogP contribution in [0.5, 0.6) is 0 Å². The average Bonchev–Trinajstić information content (AvgIpc) is 3.42. The molecule has 5 nitrogen and oxygen atoms in total. The van der Waals surface area contributed by atoms with Crippen molar-refractivity contribution in [2.75, 3.05) is 0 Å². The third-order valence-corrected chi connectivity index (χ3v) is 6.03. The van der Waals surface area contributed by atoms with Crippen LogP contribution in [0, 0.1) is 0 Å². The fourth-order valence-corrected chi connectivity index (χ4v) is 4.64. The highest BCUT2D eigenvalue weighted by molar-refractivity contribution is 6.02. The predicted molar refractivity (Wildman–Crippen MR) is 126 cm³/mol. The van der Waals surface area contributed by atoms with Crippen molar-refractivity contribution in [1.82, 2.24) is 25.1 Å². The van der Waals surface area contributed by atoms with Crippen molar-refractivity contribution in [2.24, 2.45) is 0 Å². The van der Waals surface area contributed by atoms with E-state index in [0.717, 1.165) is 33.2 Å². The van der Waals surface area contributed by atoms with E-state index < -0.39 is 0 Å². The molecule has 0 atom stereocenters. The lowest BCUT2D eigenvalue weighted by atomic mass is 9.93. The molecule has 6 aromatic rings. The number of nitrogens with zero attached hydrogens (tertiary/aromatic N) is 3. The predicted octanol–water partition coefficient (Wildman–Crippen LogP) is 6.44. The van der Waals surface area contributed by atoms with Gasteiger partial charge in [0, 0.05) is 45.8 Å². The number of fused-ring (bicyclic) bond motifs is 3. The quantitative estimate of drug-likeness (QED) is 0.357. The molecule has 2 aromatic carbocycles. The molecule has 0 aliphatic rings. The Morgan fingerprint density at radius 1 is 0.839 bits per heavy atom. The minimum Gasteiger partial charge on any atom is -0.354 e. The van der Waals surface area contributed by atoms with Gasteiger partial charge in [0.05, 0.1) is 11.9 Å². The van der Waals surface area contributed by atoms with Gasteiger partial charge in [-0.15, -0.1) is 0 Å². The molecule has 4 heterocycles. The minimum atomic E-state index is 0.353. The van der Waals surface area contributed by atoms with Gasteiger partial charge in [-0.2, -0.15) is 5.10 Å². The maximum absolute atomic E-state index is 4.40. The molecule has 4 aromatic heterocycles. The molecule has 0 spiro atoms. The fraction of sp³-hybridized carbons (Fsp3) is 0.115. The maximum Gasteiger partial charge on any atom is 0.155 e. The number of hydrogen-bond acceptors (Lipinski definition) is 3. The molecule has 0 aliphatic carbocycles. The summed E-state index contributed by atoms with van der Waals surface area (Å²) in [5.74, 6) is 0.353. The third kappa shape index (κ3) is 2.74. The van der Waals surface area contributed by atoms with E-state index in [9.17, 15) is 0 Å². The smallest absolute Gasteiger partial charge is 0.155 e. The molecule has 0 amide bonds. The Bertz CT molecular complexity index is 1570. The molecular formula is C26H21N5. The van der Waals surface area contributed by atoms with Gasteiger partial charge in [-0.1, -0.05) is 38.1 Å². The summed E-state index contributed by atoms with van der Waals surface area (Å²) in [5, 5.41) is 11.8. The molecule has 0 radical (unpaired) electrons. The summed E-state index contributed by atoms with van der Waals surface area (Å²) in [5.41, 5.74) is 7.94. The zero-order valence-electron chi connectivity index (χ0n) is 17.3. The summed E-state index contributed by atoms with van der Waals surface area (Å²) in [7, 11) is 0. The van der Waals surface area contributed by atoms with Gasteiger partial charge in [0.1, 0.15) is 0 Å². The van der Waals surface area contributed by atoms with E-state index in [-0.39, 0.29) is 0 Å². The fourth-order valence-electron chi connectivity index (χ4n) is 4.64. The topological polar surface area (TPSA) is 70.2 Å². The van der Waals surface area contributed by atoms with Crippen LogP contribution in [0.3, 0.4) is 0 Å². The van der Waals surface area contributed by atoms with Crippen LogP contribution in [0.1, 0.15) is 25.3 Å². The highest BCUT2D eigenvalue weighted by Crippen LogP contribution is 2.40. The Morgan fingerprint density at radius 3 is 2.68 bits per heavy atom. The Morgan fingerprint density at radius 2 is 1.77 bits per heavy atom. The zero-order valence-corrected chi connectivity index (χ0v) is 17.3. The summed E-state index contributed by atoms with van der Waals surface area (Å²) >= 11 is 0. The first-order chi connectivity index (χ1) is 15.2. The van der Waals surface area contributed by atoms with Crippen molar-refractivity contribution < 1.29 is 0 Å². The SMILES string of the molecule is CC(C)c1c(-c2ccnc3[nH]ncc23)[nH]c2ccc(-c3cccc4cnccc34)cc12. The lowest BCUT2D eigenvalue weighted by Crippen LogP contribution is -1.91. The number of aromatic amines is 2. The molecule has 0 bridgehead atoms. The van der Waals surface area contributed by atoms with Crippen molar-refractivity contribution in [1.29, 1.82) is 0 Å². The van der Waals surface area contributed by atoms with Crippen molar-refractivity contribution in [3.8, 4) is 22.4 Å². The monoisotopic (exact) mass is 403 g/mol. The largest absolute Gasteiger partial charge is 0.354 e. The highest BCUT2D eigenvalue weighted by atomic mass is 15.1. The minimum absolute atomic E-state index is 0.353. The molecule has 0 saturated carbocycles. The lowest BCUT2D eigenvalue weighted by Gasteiger charge is -2.10. The van der Waals surface area contributed by atoms with Crippen LogP contribution in [-0.4, -0.2) is 25.1 Å². The first-order valence-electron chi connectivity index (χ1n) is 10.5. The number of hydrogen-bond donors (Lipinski definition) is 2. The van der Waals surface area contributed by atoms with Crippen molar-refractivity contribution in [3.63, 3.8) is 0 Å². The number of H-pyrrole nitrogens is 2. The number of benzene rings is 2. The van der Waals surface area contributed by atoms with E-state index >= 15 is 0 Å². The molecule has 0 saturated heterocycles. The molecular weight excluding hydrogens is 382 g/mol. The van der Waals surface area contributed by atoms with E-state index in [4.69, 9.17) is 0 Å². The van der Waals surface area contributed by atoms with E-state index in [2.05, 4.69) is 87.5 Å². The molecule has 150 valence electrons. The van der Waals surface area contributed by atoms with Crippen LogP contribution in [0.4, 0.5) is 0 Å². The van der Waals surface area contributed by atoms with E-state index in [0.29, 0.717) is 5.92 Å². The Hall–Kier alpha value is -3.99. The average molecular weight is 403 g/mol. The Balaban J connectivity index is 1.62. The maximum atomic E-state index is 4.40. The van der Waals surface area contributed by atoms with Crippen LogP contribution in [-0.2, 0) is 0 Å². The second-order valence-corrected chi connectivity index (χ2v) is 8.22. The van der Waals surface area contributed by atoms with Gasteiger partial charge in [-0.3, -0.25) is 10.1 Å². The van der Waals surface area contributed by atoms with Gasteiger partial charge in [0.25, 0.3) is 0 Å². The van der Waals surface area contributed by atoms with Crippen LogP contribution in [0.15, 0.2) is 73.3 Å². The molecule has 0 fully saturated rings. The van der Waals surface area contributed by atoms with Gasteiger partial charge < -0.3 is 4.98 Å². The summed E-state index contributed by atoms with van der Waals surface area (Å²) < 4.78 is 0. The van der Waals surface area contributed by atoms with Crippen molar-refractivity contribution in [2.45, 2.75) is 19.8 Å². The Labute approximate surface area is 179 Å². The van der Waals surface area contributed by atoms with Gasteiger partial charge in [0.15, 0.2) is 5.65 Å². The number of aromatic nitrogens is 5. The van der Waals surface area contributed by atoms with E-state index in [1.165, 1.54) is 27.5 Å². The normalized spacial score (nSPS) is 11.8. The van der Waals surface area contributed by atoms with Crippen molar-refractivity contribution in [3.05, 3.63) is 78.9 Å². The summed E-state index contributed by atoms with van der Waals surface area (Å²) in [6.45, 7) is 4.49. The number of pyridine rings is 2. The van der Waals surface area contributed by atoms with Crippen LogP contribution in [0.25, 0.3) is 55.1 Å². The molecule has 0 unspecified atom stereocenters. The van der Waals surface area contributed by atoms with Gasteiger partial charge in [-0.05, 0) is 52.3 Å².